The molecule has 0 spiro atoms. The maximum absolute atomic E-state index is 10.2. The van der Waals surface area contributed by atoms with Crippen LogP contribution in [0.3, 0.4) is 0 Å². The molecule has 2 fully saturated rings. The zero-order valence-corrected chi connectivity index (χ0v) is 20.0. The number of hydrogen-bond donors (Lipinski definition) is 1. The van der Waals surface area contributed by atoms with Crippen LogP contribution in [0.2, 0.25) is 0 Å². The molecule has 0 saturated heterocycles. The summed E-state index contributed by atoms with van der Waals surface area (Å²) in [5, 5.41) is 10.2. The molecule has 0 aromatic carbocycles. The summed E-state index contributed by atoms with van der Waals surface area (Å²) in [6.07, 6.45) is 16.5. The third kappa shape index (κ3) is 3.58. The van der Waals surface area contributed by atoms with Crippen LogP contribution in [0.5, 0.6) is 0 Å². The van der Waals surface area contributed by atoms with Crippen LogP contribution in [-0.4, -0.2) is 11.2 Å². The fraction of sp³-hybridized carbons (Fsp3) is 0.857. The van der Waals surface area contributed by atoms with Gasteiger partial charge in [0.2, 0.25) is 0 Å². The molecule has 0 radical (unpaired) electrons. The molecule has 0 amide bonds. The van der Waals surface area contributed by atoms with E-state index in [1.165, 1.54) is 44.9 Å². The van der Waals surface area contributed by atoms with E-state index in [4.69, 9.17) is 0 Å². The van der Waals surface area contributed by atoms with Crippen LogP contribution in [0.15, 0.2) is 23.3 Å². The highest BCUT2D eigenvalue weighted by atomic mass is 16.3. The van der Waals surface area contributed by atoms with Crippen molar-refractivity contribution in [3.8, 4) is 0 Å². The molecule has 1 heteroatoms. The Labute approximate surface area is 180 Å². The Bertz CT molecular complexity index is 672. The molecule has 4 aliphatic rings. The number of fused-ring (bicyclic) bond motifs is 4. The third-order valence-electron chi connectivity index (χ3n) is 10.4. The predicted octanol–water partition coefficient (Wildman–Crippen LogP) is 7.55. The van der Waals surface area contributed by atoms with Crippen molar-refractivity contribution in [1.29, 1.82) is 0 Å². The fourth-order valence-electron chi connectivity index (χ4n) is 8.05. The lowest BCUT2D eigenvalue weighted by Gasteiger charge is -2.55. The average Bonchev–Trinajstić information content (AvgIpc) is 3.03. The Morgan fingerprint density at radius 1 is 0.931 bits per heavy atom. The average molecular weight is 399 g/mol. The molecular formula is C28H46O. The molecule has 8 atom stereocenters. The van der Waals surface area contributed by atoms with E-state index in [2.05, 4.69) is 53.7 Å². The maximum atomic E-state index is 10.2. The van der Waals surface area contributed by atoms with Crippen molar-refractivity contribution in [2.24, 2.45) is 46.3 Å². The second-order valence-electron chi connectivity index (χ2n) is 12.2. The van der Waals surface area contributed by atoms with E-state index in [1.54, 1.807) is 0 Å². The standard InChI is InChI=1S/C28H46O/c1-18(2)19(3)7-8-20(4)24-11-12-25-23-10-9-21-17-22(29)13-15-27(21,5)26(23)14-16-28(24,25)6/h7-8,18-22,24-25,29H,9-17H2,1-6H3/b8-7+/t19-,20+,21-,22-,24+,25?,27-,28+/m0/s1. The highest BCUT2D eigenvalue weighted by Crippen LogP contribution is 2.65. The summed E-state index contributed by atoms with van der Waals surface area (Å²) in [4.78, 5) is 0. The van der Waals surface area contributed by atoms with Crippen LogP contribution in [0, 0.1) is 46.3 Å². The van der Waals surface area contributed by atoms with Crippen molar-refractivity contribution in [1.82, 2.24) is 0 Å². The van der Waals surface area contributed by atoms with E-state index in [1.807, 2.05) is 11.1 Å². The SMILES string of the molecule is CC(C)[C@@H](C)/C=C/[C@@H](C)[C@H]1CCC2C3=C(CC[C@@]21C)[C@@]1(C)CC[C@H](O)C[C@@H]1CC3. The molecule has 4 rings (SSSR count). The van der Waals surface area contributed by atoms with Gasteiger partial charge in [0.25, 0.3) is 0 Å². The van der Waals surface area contributed by atoms with Crippen LogP contribution in [0.1, 0.15) is 99.3 Å². The first-order chi connectivity index (χ1) is 13.7. The van der Waals surface area contributed by atoms with E-state index < -0.39 is 0 Å². The molecule has 4 aliphatic carbocycles. The van der Waals surface area contributed by atoms with Crippen LogP contribution in [0.4, 0.5) is 0 Å². The predicted molar refractivity (Wildman–Crippen MR) is 124 cm³/mol. The number of aliphatic hydroxyl groups is 1. The highest BCUT2D eigenvalue weighted by Gasteiger charge is 2.55. The van der Waals surface area contributed by atoms with Gasteiger partial charge in [0.05, 0.1) is 6.10 Å². The van der Waals surface area contributed by atoms with Crippen molar-refractivity contribution in [3.05, 3.63) is 23.3 Å². The van der Waals surface area contributed by atoms with Gasteiger partial charge in [0, 0.05) is 0 Å². The quantitative estimate of drug-likeness (QED) is 0.484. The number of allylic oxidation sites excluding steroid dienone is 4. The topological polar surface area (TPSA) is 20.2 Å². The lowest BCUT2D eigenvalue weighted by Crippen LogP contribution is -2.45. The second-order valence-corrected chi connectivity index (χ2v) is 12.2. The summed E-state index contributed by atoms with van der Waals surface area (Å²) < 4.78 is 0. The van der Waals surface area contributed by atoms with Gasteiger partial charge in [-0.05, 0) is 104 Å². The van der Waals surface area contributed by atoms with Gasteiger partial charge in [0.15, 0.2) is 0 Å². The van der Waals surface area contributed by atoms with Crippen molar-refractivity contribution in [3.63, 3.8) is 0 Å². The molecule has 29 heavy (non-hydrogen) atoms. The van der Waals surface area contributed by atoms with Crippen LogP contribution < -0.4 is 0 Å². The monoisotopic (exact) mass is 398 g/mol. The summed E-state index contributed by atoms with van der Waals surface area (Å²) >= 11 is 0. The van der Waals surface area contributed by atoms with E-state index in [0.29, 0.717) is 22.7 Å². The van der Waals surface area contributed by atoms with Gasteiger partial charge >= 0.3 is 0 Å². The van der Waals surface area contributed by atoms with Gasteiger partial charge < -0.3 is 5.11 Å². The van der Waals surface area contributed by atoms with Crippen molar-refractivity contribution in [2.45, 2.75) is 105 Å². The Morgan fingerprint density at radius 2 is 1.69 bits per heavy atom. The highest BCUT2D eigenvalue weighted by molar-refractivity contribution is 5.34. The van der Waals surface area contributed by atoms with E-state index in [0.717, 1.165) is 36.5 Å². The third-order valence-corrected chi connectivity index (χ3v) is 10.4. The van der Waals surface area contributed by atoms with Gasteiger partial charge in [-0.2, -0.15) is 0 Å². The molecule has 1 N–H and O–H groups in total. The summed E-state index contributed by atoms with van der Waals surface area (Å²) in [6, 6.07) is 0. The van der Waals surface area contributed by atoms with Crippen molar-refractivity contribution in [2.75, 3.05) is 0 Å². The molecule has 2 saturated carbocycles. The molecule has 1 unspecified atom stereocenters. The zero-order valence-electron chi connectivity index (χ0n) is 20.0. The Morgan fingerprint density at radius 3 is 2.41 bits per heavy atom. The van der Waals surface area contributed by atoms with Gasteiger partial charge in [-0.15, -0.1) is 0 Å². The number of hydrogen-bond acceptors (Lipinski definition) is 1. The summed E-state index contributed by atoms with van der Waals surface area (Å²) in [7, 11) is 0. The second kappa shape index (κ2) is 7.85. The van der Waals surface area contributed by atoms with Crippen LogP contribution in [0.25, 0.3) is 0 Å². The minimum absolute atomic E-state index is 0.0409. The van der Waals surface area contributed by atoms with E-state index >= 15 is 0 Å². The lowest BCUT2D eigenvalue weighted by atomic mass is 9.50. The summed E-state index contributed by atoms with van der Waals surface area (Å²) in [5.41, 5.74) is 4.65. The lowest BCUT2D eigenvalue weighted by molar-refractivity contribution is 0.0145. The van der Waals surface area contributed by atoms with Crippen LogP contribution in [-0.2, 0) is 0 Å². The fourth-order valence-corrected chi connectivity index (χ4v) is 8.05. The molecule has 0 aliphatic heterocycles. The van der Waals surface area contributed by atoms with Crippen LogP contribution >= 0.6 is 0 Å². The normalized spacial score (nSPS) is 44.6. The molecular weight excluding hydrogens is 352 g/mol. The molecule has 0 aromatic heterocycles. The summed E-state index contributed by atoms with van der Waals surface area (Å²) in [5.74, 6) is 4.52. The van der Waals surface area contributed by atoms with Gasteiger partial charge in [-0.1, -0.05) is 64.8 Å². The minimum atomic E-state index is -0.0409. The van der Waals surface area contributed by atoms with Gasteiger partial charge in [-0.25, -0.2) is 0 Å². The maximum Gasteiger partial charge on any atom is 0.0543 e. The Kier molecular flexibility index (Phi) is 5.86. The molecule has 1 nitrogen and oxygen atoms in total. The molecule has 0 aromatic rings. The van der Waals surface area contributed by atoms with Crippen molar-refractivity contribution < 1.29 is 5.11 Å². The van der Waals surface area contributed by atoms with E-state index in [-0.39, 0.29) is 6.10 Å². The Balaban J connectivity index is 1.56. The summed E-state index contributed by atoms with van der Waals surface area (Å²) in [6.45, 7) is 14.7. The largest absolute Gasteiger partial charge is 0.393 e. The van der Waals surface area contributed by atoms with Gasteiger partial charge in [0.1, 0.15) is 0 Å². The first-order valence-electron chi connectivity index (χ1n) is 12.8. The smallest absolute Gasteiger partial charge is 0.0543 e. The molecule has 164 valence electrons. The first-order valence-corrected chi connectivity index (χ1v) is 12.8. The molecule has 0 heterocycles. The van der Waals surface area contributed by atoms with Crippen molar-refractivity contribution >= 4 is 0 Å². The first kappa shape index (κ1) is 21.7. The van der Waals surface area contributed by atoms with E-state index in [9.17, 15) is 5.11 Å². The number of rotatable bonds is 4. The Hall–Kier alpha value is -0.560. The number of aliphatic hydroxyl groups excluding tert-OH is 1. The minimum Gasteiger partial charge on any atom is -0.393 e. The zero-order chi connectivity index (χ0) is 21.0. The molecule has 0 bridgehead atoms. The van der Waals surface area contributed by atoms with Gasteiger partial charge in [-0.3, -0.25) is 0 Å².